The number of hydrogen-bond acceptors (Lipinski definition) is 3. The van der Waals surface area contributed by atoms with Gasteiger partial charge in [0.25, 0.3) is 0 Å². The molecule has 1 aromatic carbocycles. The van der Waals surface area contributed by atoms with Gasteiger partial charge in [0.15, 0.2) is 0 Å². The first-order valence-electron chi connectivity index (χ1n) is 3.19. The normalized spacial score (nSPS) is 8.09. The third-order valence-corrected chi connectivity index (χ3v) is 1.61. The van der Waals surface area contributed by atoms with Gasteiger partial charge in [-0.2, -0.15) is 0 Å². The van der Waals surface area contributed by atoms with Crippen molar-refractivity contribution in [2.45, 2.75) is 0 Å². The van der Waals surface area contributed by atoms with E-state index in [-0.39, 0.29) is 0 Å². The summed E-state index contributed by atoms with van der Waals surface area (Å²) < 4.78 is 1.46. The van der Waals surface area contributed by atoms with E-state index >= 15 is 0 Å². The molecule has 1 aromatic rings. The van der Waals surface area contributed by atoms with Crippen LogP contribution < -0.4 is 2.81 Å². The molecule has 3 nitrogen and oxygen atoms in total. The van der Waals surface area contributed by atoms with Crippen LogP contribution in [0, 0.1) is 0 Å². The van der Waals surface area contributed by atoms with Crippen molar-refractivity contribution in [2.75, 3.05) is 0 Å². The zero-order valence-electron chi connectivity index (χ0n) is 6.31. The van der Waals surface area contributed by atoms with Crippen molar-refractivity contribution in [2.24, 2.45) is 0 Å². The summed E-state index contributed by atoms with van der Waals surface area (Å²) in [5.74, 6) is 0. The number of rotatable bonds is 0. The molecule has 0 amide bonds. The molecule has 0 unspecified atom stereocenters. The monoisotopic (exact) mass is 162 g/mol. The fraction of sp³-hybridized carbons (Fsp3) is 0. The van der Waals surface area contributed by atoms with Crippen molar-refractivity contribution in [1.82, 2.24) is 0 Å². The molecule has 0 heterocycles. The molecule has 0 atom stereocenters. The van der Waals surface area contributed by atoms with Gasteiger partial charge >= 0.3 is 68.4 Å². The molecule has 0 aliphatic heterocycles. The zero-order valence-corrected chi connectivity index (χ0v) is 8.31. The molecular formula is C6H8BNaO3. The second-order valence-corrected chi connectivity index (χ2v) is 3.16. The molecular weight excluding hydrogens is 154 g/mol. The van der Waals surface area contributed by atoms with Crippen LogP contribution in [0.1, 0.15) is 0 Å². The van der Waals surface area contributed by atoms with Crippen molar-refractivity contribution in [1.29, 1.82) is 0 Å². The van der Waals surface area contributed by atoms with Crippen LogP contribution in [0.3, 0.4) is 0 Å². The Morgan fingerprint density at radius 1 is 1.00 bits per heavy atom. The van der Waals surface area contributed by atoms with E-state index in [0.29, 0.717) is 0 Å². The van der Waals surface area contributed by atoms with E-state index in [1.807, 2.05) is 6.07 Å². The third kappa shape index (κ3) is 10.2. The van der Waals surface area contributed by atoms with Crippen molar-refractivity contribution in [3.05, 3.63) is 30.3 Å². The predicted octanol–water partition coefficient (Wildman–Crippen LogP) is -1.57. The van der Waals surface area contributed by atoms with Crippen molar-refractivity contribution < 1.29 is 15.1 Å². The van der Waals surface area contributed by atoms with Crippen molar-refractivity contribution >= 4 is 38.1 Å². The molecule has 11 heavy (non-hydrogen) atoms. The summed E-state index contributed by atoms with van der Waals surface area (Å²) in [5.41, 5.74) is 0. The minimum atomic E-state index is -2.17. The quantitative estimate of drug-likeness (QED) is 0.404. The third-order valence-electron chi connectivity index (χ3n) is 0.940. The Kier molecular flexibility index (Phi) is 6.95. The van der Waals surface area contributed by atoms with Gasteiger partial charge in [0.1, 0.15) is 0 Å². The Labute approximate surface area is 83.3 Å². The fourth-order valence-electron chi connectivity index (χ4n) is 0.534. The van der Waals surface area contributed by atoms with E-state index in [4.69, 9.17) is 15.1 Å². The van der Waals surface area contributed by atoms with Crippen LogP contribution >= 0.6 is 0 Å². The molecule has 0 aliphatic carbocycles. The molecule has 54 valence electrons. The van der Waals surface area contributed by atoms with Gasteiger partial charge < -0.3 is 15.1 Å². The van der Waals surface area contributed by atoms with Gasteiger partial charge in [0.05, 0.1) is 0 Å². The molecule has 0 bridgehead atoms. The predicted molar refractivity (Wildman–Crippen MR) is 44.2 cm³/mol. The number of benzene rings is 1. The molecule has 0 spiro atoms. The van der Waals surface area contributed by atoms with Crippen LogP contribution in [-0.2, 0) is 0 Å². The Morgan fingerprint density at radius 2 is 1.36 bits per heavy atom. The van der Waals surface area contributed by atoms with E-state index in [1.54, 1.807) is 0 Å². The summed E-state index contributed by atoms with van der Waals surface area (Å²) in [7, 11) is -2.17. The van der Waals surface area contributed by atoms with Crippen LogP contribution in [0.4, 0.5) is 0 Å². The average molecular weight is 162 g/mol. The molecule has 5 heteroatoms. The van der Waals surface area contributed by atoms with Gasteiger partial charge in [-0.1, -0.05) is 0 Å². The molecule has 0 fully saturated rings. The van der Waals surface area contributed by atoms with Gasteiger partial charge in [0.2, 0.25) is 0 Å². The molecule has 1 rings (SSSR count). The summed E-state index contributed by atoms with van der Waals surface area (Å²) >= 11 is 1.17. The first-order chi connectivity index (χ1) is 5.13. The fourth-order valence-corrected chi connectivity index (χ4v) is 0.919. The Hall–Kier alpha value is 0.165. The second-order valence-electron chi connectivity index (χ2n) is 2.00. The zero-order chi connectivity index (χ0) is 8.69. The van der Waals surface area contributed by atoms with E-state index in [2.05, 4.69) is 24.3 Å². The molecule has 0 saturated carbocycles. The second kappa shape index (κ2) is 6.85. The van der Waals surface area contributed by atoms with Crippen LogP contribution in [-0.4, -0.2) is 50.3 Å². The minimum absolute atomic E-state index is 1.17. The van der Waals surface area contributed by atoms with Gasteiger partial charge in [-0.05, 0) is 0 Å². The molecule has 0 radical (unpaired) electrons. The summed E-state index contributed by atoms with van der Waals surface area (Å²) in [6.45, 7) is 0. The summed E-state index contributed by atoms with van der Waals surface area (Å²) in [5, 5.41) is 21.5. The summed E-state index contributed by atoms with van der Waals surface area (Å²) in [6, 6.07) is 10.5. The van der Waals surface area contributed by atoms with Gasteiger partial charge in [-0.25, -0.2) is 0 Å². The van der Waals surface area contributed by atoms with Gasteiger partial charge in [-0.3, -0.25) is 0 Å². The standard InChI is InChI=1S/C6H5.BH3O3.Na/c1-2-4-6-5-3-1;2-1(3)4;/h1-5H;2-4H;. The first-order valence-corrected chi connectivity index (χ1v) is 4.19. The van der Waals surface area contributed by atoms with Crippen LogP contribution in [0.15, 0.2) is 30.3 Å². The van der Waals surface area contributed by atoms with Crippen LogP contribution in [0.25, 0.3) is 0 Å². The SMILES string of the molecule is OB(O)O.[Na][c]1ccccc1. The van der Waals surface area contributed by atoms with E-state index in [1.165, 1.54) is 30.7 Å². The number of hydrogen-bond donors (Lipinski definition) is 3. The van der Waals surface area contributed by atoms with Crippen molar-refractivity contribution in [3.63, 3.8) is 0 Å². The average Bonchev–Trinajstić information content (AvgIpc) is 1.87. The molecule has 0 aliphatic rings. The Balaban J connectivity index is 0.000000218. The van der Waals surface area contributed by atoms with Gasteiger partial charge in [0, 0.05) is 0 Å². The molecule has 3 N–H and O–H groups in total. The maximum absolute atomic E-state index is 7.17. The molecule has 0 aromatic heterocycles. The van der Waals surface area contributed by atoms with E-state index in [0.717, 1.165) is 0 Å². The molecule has 0 saturated heterocycles. The van der Waals surface area contributed by atoms with Gasteiger partial charge in [-0.15, -0.1) is 0 Å². The maximum atomic E-state index is 7.17. The van der Waals surface area contributed by atoms with E-state index < -0.39 is 7.32 Å². The van der Waals surface area contributed by atoms with Crippen molar-refractivity contribution in [3.8, 4) is 0 Å². The van der Waals surface area contributed by atoms with E-state index in [9.17, 15) is 0 Å². The van der Waals surface area contributed by atoms with Crippen LogP contribution in [0.2, 0.25) is 0 Å². The summed E-state index contributed by atoms with van der Waals surface area (Å²) in [4.78, 5) is 0. The topological polar surface area (TPSA) is 60.7 Å². The first kappa shape index (κ1) is 11.2. The Bertz CT molecular complexity index is 178. The Morgan fingerprint density at radius 3 is 1.55 bits per heavy atom. The van der Waals surface area contributed by atoms with Crippen LogP contribution in [0.5, 0.6) is 0 Å². The summed E-state index contributed by atoms with van der Waals surface area (Å²) in [6.07, 6.45) is 0.